The zero-order valence-corrected chi connectivity index (χ0v) is 15.2. The van der Waals surface area contributed by atoms with Crippen molar-refractivity contribution in [3.8, 4) is 6.07 Å². The number of fused-ring (bicyclic) bond motifs is 1. The number of para-hydroxylation sites is 1. The summed E-state index contributed by atoms with van der Waals surface area (Å²) >= 11 is 0. The van der Waals surface area contributed by atoms with Crippen molar-refractivity contribution < 1.29 is 9.72 Å². The average Bonchev–Trinajstić information content (AvgIpc) is 3.12. The first-order valence-electron chi connectivity index (χ1n) is 9.18. The fraction of sp³-hybridized carbons (Fsp3) is 0.238. The minimum Gasteiger partial charge on any atom is -0.366 e. The van der Waals surface area contributed by atoms with E-state index in [1.54, 1.807) is 36.4 Å². The lowest BCUT2D eigenvalue weighted by atomic mass is 10.1. The van der Waals surface area contributed by atoms with Gasteiger partial charge in [-0.3, -0.25) is 19.5 Å². The molecule has 0 saturated carbocycles. The third-order valence-electron chi connectivity index (χ3n) is 5.17. The van der Waals surface area contributed by atoms with Crippen molar-refractivity contribution in [2.24, 2.45) is 0 Å². The average molecular weight is 374 g/mol. The smallest absolute Gasteiger partial charge is 0.293 e. The van der Waals surface area contributed by atoms with Gasteiger partial charge in [0.15, 0.2) is 0 Å². The summed E-state index contributed by atoms with van der Waals surface area (Å²) in [5, 5.41) is 21.7. The number of nitro groups is 1. The highest BCUT2D eigenvalue weighted by molar-refractivity contribution is 6.04. The molecule has 4 rings (SSSR count). The van der Waals surface area contributed by atoms with Gasteiger partial charge in [-0.25, -0.2) is 0 Å². The number of hydrogen-bond donors (Lipinski definition) is 0. The van der Waals surface area contributed by atoms with Gasteiger partial charge in [0.2, 0.25) is 0 Å². The van der Waals surface area contributed by atoms with Crippen LogP contribution in [0.2, 0.25) is 0 Å². The molecule has 1 aliphatic rings. The fourth-order valence-corrected chi connectivity index (χ4v) is 3.78. The molecular weight excluding hydrogens is 356 g/mol. The predicted molar refractivity (Wildman–Crippen MR) is 106 cm³/mol. The molecule has 0 spiro atoms. The highest BCUT2D eigenvalue weighted by Crippen LogP contribution is 2.32. The van der Waals surface area contributed by atoms with Crippen LogP contribution in [-0.4, -0.2) is 28.5 Å². The van der Waals surface area contributed by atoms with Crippen molar-refractivity contribution in [3.63, 3.8) is 0 Å². The van der Waals surface area contributed by atoms with E-state index in [1.807, 2.05) is 4.90 Å². The van der Waals surface area contributed by atoms with Crippen molar-refractivity contribution in [3.05, 3.63) is 69.9 Å². The van der Waals surface area contributed by atoms with Gasteiger partial charge in [0.1, 0.15) is 11.8 Å². The van der Waals surface area contributed by atoms with Crippen LogP contribution in [0.4, 0.5) is 11.4 Å². The second-order valence-electron chi connectivity index (χ2n) is 6.86. The van der Waals surface area contributed by atoms with E-state index in [4.69, 9.17) is 0 Å². The maximum Gasteiger partial charge on any atom is 0.293 e. The minimum absolute atomic E-state index is 0.0651. The standard InChI is InChI=1S/C21H18N4O3/c22-13-16-14-24(18-7-3-2-6-17(16)18)21(26)15-8-9-19(20(12-15)25(27)28)23-10-4-1-5-11-23/h2-3,6-9,12,14H,1,4-5,10-11H2. The summed E-state index contributed by atoms with van der Waals surface area (Å²) in [6, 6.07) is 13.8. The summed E-state index contributed by atoms with van der Waals surface area (Å²) in [4.78, 5) is 26.3. The molecule has 1 aliphatic heterocycles. The van der Waals surface area contributed by atoms with Crippen LogP contribution in [0.15, 0.2) is 48.7 Å². The number of rotatable bonds is 3. The Kier molecular flexibility index (Phi) is 4.53. The van der Waals surface area contributed by atoms with E-state index in [9.17, 15) is 20.2 Å². The Morgan fingerprint density at radius 2 is 1.86 bits per heavy atom. The summed E-state index contributed by atoms with van der Waals surface area (Å²) < 4.78 is 1.38. The van der Waals surface area contributed by atoms with Crippen LogP contribution >= 0.6 is 0 Å². The molecular formula is C21H18N4O3. The number of anilines is 1. The molecule has 2 heterocycles. The Morgan fingerprint density at radius 3 is 2.57 bits per heavy atom. The van der Waals surface area contributed by atoms with E-state index in [0.29, 0.717) is 22.2 Å². The second-order valence-corrected chi connectivity index (χ2v) is 6.86. The number of nitro benzene ring substituents is 1. The fourth-order valence-electron chi connectivity index (χ4n) is 3.78. The number of aromatic nitrogens is 1. The van der Waals surface area contributed by atoms with Crippen molar-refractivity contribution in [2.45, 2.75) is 19.3 Å². The molecule has 7 nitrogen and oxygen atoms in total. The van der Waals surface area contributed by atoms with E-state index in [-0.39, 0.29) is 11.3 Å². The van der Waals surface area contributed by atoms with E-state index >= 15 is 0 Å². The molecule has 1 saturated heterocycles. The van der Waals surface area contributed by atoms with Crippen molar-refractivity contribution in [1.82, 2.24) is 4.57 Å². The quantitative estimate of drug-likeness (QED) is 0.508. The maximum absolute atomic E-state index is 13.1. The number of nitriles is 1. The lowest BCUT2D eigenvalue weighted by Gasteiger charge is -2.28. The molecule has 28 heavy (non-hydrogen) atoms. The van der Waals surface area contributed by atoms with Crippen LogP contribution < -0.4 is 4.90 Å². The third kappa shape index (κ3) is 2.99. The first-order chi connectivity index (χ1) is 13.6. The molecule has 1 aromatic heterocycles. The number of benzene rings is 2. The third-order valence-corrected chi connectivity index (χ3v) is 5.17. The zero-order chi connectivity index (χ0) is 19.7. The van der Waals surface area contributed by atoms with Crippen LogP contribution in [0.25, 0.3) is 10.9 Å². The Morgan fingerprint density at radius 1 is 1.11 bits per heavy atom. The van der Waals surface area contributed by atoms with Crippen LogP contribution in [0.5, 0.6) is 0 Å². The number of hydrogen-bond acceptors (Lipinski definition) is 5. The van der Waals surface area contributed by atoms with Gasteiger partial charge in [-0.05, 0) is 37.5 Å². The molecule has 140 valence electrons. The molecule has 0 N–H and O–H groups in total. The van der Waals surface area contributed by atoms with Gasteiger partial charge >= 0.3 is 0 Å². The van der Waals surface area contributed by atoms with Gasteiger partial charge in [0, 0.05) is 36.3 Å². The molecule has 2 aromatic carbocycles. The summed E-state index contributed by atoms with van der Waals surface area (Å²) in [7, 11) is 0. The highest BCUT2D eigenvalue weighted by Gasteiger charge is 2.24. The Hall–Kier alpha value is -3.66. The molecule has 0 radical (unpaired) electrons. The normalized spacial score (nSPS) is 14.0. The highest BCUT2D eigenvalue weighted by atomic mass is 16.6. The molecule has 0 aliphatic carbocycles. The molecule has 0 atom stereocenters. The Labute approximate surface area is 161 Å². The largest absolute Gasteiger partial charge is 0.366 e. The number of piperidine rings is 1. The molecule has 0 amide bonds. The molecule has 7 heteroatoms. The summed E-state index contributed by atoms with van der Waals surface area (Å²) in [6.45, 7) is 1.56. The molecule has 3 aromatic rings. The molecule has 0 unspecified atom stereocenters. The summed E-state index contributed by atoms with van der Waals surface area (Å²) in [5.74, 6) is -0.397. The molecule has 1 fully saturated rings. The monoisotopic (exact) mass is 374 g/mol. The summed E-state index contributed by atoms with van der Waals surface area (Å²) in [5.41, 5.74) is 1.70. The van der Waals surface area contributed by atoms with Crippen molar-refractivity contribution in [2.75, 3.05) is 18.0 Å². The zero-order valence-electron chi connectivity index (χ0n) is 15.2. The number of carbonyl (C=O) groups excluding carboxylic acids is 1. The van der Waals surface area contributed by atoms with Gasteiger partial charge < -0.3 is 4.90 Å². The summed E-state index contributed by atoms with van der Waals surface area (Å²) in [6.07, 6.45) is 4.62. The number of nitrogens with zero attached hydrogens (tertiary/aromatic N) is 4. The van der Waals surface area contributed by atoms with Gasteiger partial charge in [0.25, 0.3) is 11.6 Å². The van der Waals surface area contributed by atoms with Gasteiger partial charge in [-0.1, -0.05) is 18.2 Å². The minimum atomic E-state index is -0.435. The van der Waals surface area contributed by atoms with E-state index in [2.05, 4.69) is 6.07 Å². The van der Waals surface area contributed by atoms with Crippen LogP contribution in [0.1, 0.15) is 35.2 Å². The van der Waals surface area contributed by atoms with Gasteiger partial charge in [0.05, 0.1) is 16.0 Å². The maximum atomic E-state index is 13.1. The topological polar surface area (TPSA) is 92.2 Å². The first-order valence-corrected chi connectivity index (χ1v) is 9.18. The van der Waals surface area contributed by atoms with Crippen LogP contribution in [0.3, 0.4) is 0 Å². The van der Waals surface area contributed by atoms with Crippen molar-refractivity contribution >= 4 is 28.2 Å². The van der Waals surface area contributed by atoms with Gasteiger partial charge in [-0.15, -0.1) is 0 Å². The van der Waals surface area contributed by atoms with Crippen LogP contribution in [-0.2, 0) is 0 Å². The van der Waals surface area contributed by atoms with E-state index in [1.165, 1.54) is 16.8 Å². The van der Waals surface area contributed by atoms with Crippen molar-refractivity contribution in [1.29, 1.82) is 5.26 Å². The van der Waals surface area contributed by atoms with Crippen LogP contribution in [0, 0.1) is 21.4 Å². The van der Waals surface area contributed by atoms with E-state index < -0.39 is 10.8 Å². The lowest BCUT2D eigenvalue weighted by molar-refractivity contribution is -0.384. The number of carbonyl (C=O) groups is 1. The predicted octanol–water partition coefficient (Wildman–Crippen LogP) is 4.10. The second kappa shape index (κ2) is 7.16. The Bertz CT molecular complexity index is 1120. The SMILES string of the molecule is N#Cc1cn(C(=O)c2ccc(N3CCCCC3)c([N+](=O)[O-])c2)c2ccccc12. The van der Waals surface area contributed by atoms with E-state index in [0.717, 1.165) is 32.4 Å². The van der Waals surface area contributed by atoms with Gasteiger partial charge in [-0.2, -0.15) is 5.26 Å². The lowest BCUT2D eigenvalue weighted by Crippen LogP contribution is -2.30. The molecule has 0 bridgehead atoms. The first kappa shape index (κ1) is 17.7. The Balaban J connectivity index is 1.77.